The fourth-order valence-electron chi connectivity index (χ4n) is 4.28. The van der Waals surface area contributed by atoms with E-state index in [1.165, 1.54) is 7.11 Å². The molecule has 0 spiro atoms. The van der Waals surface area contributed by atoms with E-state index in [4.69, 9.17) is 21.1 Å². The van der Waals surface area contributed by atoms with Gasteiger partial charge in [-0.3, -0.25) is 9.69 Å². The van der Waals surface area contributed by atoms with Gasteiger partial charge in [-0.2, -0.15) is 0 Å². The number of carbonyl (C=O) groups is 2. The lowest BCUT2D eigenvalue weighted by atomic mass is 10.1. The zero-order chi connectivity index (χ0) is 25.3. The first-order valence-corrected chi connectivity index (χ1v) is 12.5. The summed E-state index contributed by atoms with van der Waals surface area (Å²) < 4.78 is 11.1. The van der Waals surface area contributed by atoms with Crippen LogP contribution in [0.4, 0.5) is 0 Å². The van der Waals surface area contributed by atoms with Crippen molar-refractivity contribution in [2.24, 2.45) is 0 Å². The predicted molar refractivity (Wildman–Crippen MR) is 140 cm³/mol. The zero-order valence-corrected chi connectivity index (χ0v) is 21.2. The van der Waals surface area contributed by atoms with Crippen LogP contribution < -0.4 is 0 Å². The Hall–Kier alpha value is -3.19. The van der Waals surface area contributed by atoms with Gasteiger partial charge in [-0.05, 0) is 41.0 Å². The number of piperazine rings is 1. The summed E-state index contributed by atoms with van der Waals surface area (Å²) in [4.78, 5) is 28.7. The molecule has 1 saturated heterocycles. The number of hydrogen-bond donors (Lipinski definition) is 0. The van der Waals surface area contributed by atoms with Crippen molar-refractivity contribution in [3.05, 3.63) is 106 Å². The molecular weight excluding hydrogens is 476 g/mol. The van der Waals surface area contributed by atoms with Crippen LogP contribution in [0.15, 0.2) is 78.9 Å². The van der Waals surface area contributed by atoms with Crippen molar-refractivity contribution in [1.82, 2.24) is 9.80 Å². The molecule has 0 aliphatic carbocycles. The van der Waals surface area contributed by atoms with Crippen molar-refractivity contribution < 1.29 is 19.1 Å². The second kappa shape index (κ2) is 12.7. The highest BCUT2D eigenvalue weighted by molar-refractivity contribution is 6.30. The number of amides is 1. The molecule has 3 aromatic rings. The second-order valence-corrected chi connectivity index (χ2v) is 9.32. The van der Waals surface area contributed by atoms with E-state index in [0.717, 1.165) is 29.8 Å². The molecular formula is C29H31ClN2O4. The van der Waals surface area contributed by atoms with Gasteiger partial charge in [-0.25, -0.2) is 4.79 Å². The maximum Gasteiger partial charge on any atom is 0.337 e. The van der Waals surface area contributed by atoms with Gasteiger partial charge in [0.1, 0.15) is 0 Å². The Morgan fingerprint density at radius 1 is 0.861 bits per heavy atom. The van der Waals surface area contributed by atoms with Gasteiger partial charge in [0.25, 0.3) is 0 Å². The van der Waals surface area contributed by atoms with Crippen LogP contribution in [0, 0.1) is 0 Å². The van der Waals surface area contributed by atoms with Gasteiger partial charge in [0.05, 0.1) is 31.8 Å². The van der Waals surface area contributed by atoms with E-state index >= 15 is 0 Å². The lowest BCUT2D eigenvalue weighted by Gasteiger charge is -2.36. The van der Waals surface area contributed by atoms with E-state index in [0.29, 0.717) is 43.2 Å². The number of nitrogens with zero attached hydrogens (tertiary/aromatic N) is 2. The molecule has 0 radical (unpaired) electrons. The van der Waals surface area contributed by atoms with E-state index in [1.54, 1.807) is 12.1 Å². The van der Waals surface area contributed by atoms with Crippen LogP contribution in [0.3, 0.4) is 0 Å². The molecule has 6 nitrogen and oxygen atoms in total. The van der Waals surface area contributed by atoms with Gasteiger partial charge >= 0.3 is 5.97 Å². The molecule has 1 fully saturated rings. The summed E-state index contributed by atoms with van der Waals surface area (Å²) in [6.45, 7) is 4.11. The highest BCUT2D eigenvalue weighted by atomic mass is 35.5. The predicted octanol–water partition coefficient (Wildman–Crippen LogP) is 4.77. The first-order chi connectivity index (χ1) is 17.5. The number of methoxy groups -OCH3 is 1. The summed E-state index contributed by atoms with van der Waals surface area (Å²) in [6, 6.07) is 24.8. The first kappa shape index (κ1) is 25.9. The van der Waals surface area contributed by atoms with Gasteiger partial charge in [-0.15, -0.1) is 0 Å². The van der Waals surface area contributed by atoms with Crippen LogP contribution in [0.5, 0.6) is 0 Å². The Labute approximate surface area is 217 Å². The largest absolute Gasteiger partial charge is 0.465 e. The molecule has 3 aromatic carbocycles. The number of benzene rings is 3. The summed E-state index contributed by atoms with van der Waals surface area (Å²) in [7, 11) is 1.37. The highest BCUT2D eigenvalue weighted by Gasteiger charge is 2.24. The maximum absolute atomic E-state index is 12.7. The number of esters is 1. The third kappa shape index (κ3) is 7.17. The summed E-state index contributed by atoms with van der Waals surface area (Å²) in [5, 5.41) is 0.682. The molecule has 1 amide bonds. The topological polar surface area (TPSA) is 59.1 Å². The molecule has 0 unspecified atom stereocenters. The quantitative estimate of drug-likeness (QED) is 0.391. The standard InChI is InChI=1S/C29H31ClN2O4/c1-35-29(34)25-9-7-23(8-10-25)21-36-27(24-11-13-26(30)14-12-24)20-31-15-17-32(18-16-31)28(33)19-22-5-3-2-4-6-22/h2-14,27H,15-21H2,1H3/t27-/m1/s1. The summed E-state index contributed by atoms with van der Waals surface area (Å²) in [5.41, 5.74) is 3.57. The van der Waals surface area contributed by atoms with E-state index in [1.807, 2.05) is 71.6 Å². The fraction of sp³-hybridized carbons (Fsp3) is 0.310. The molecule has 188 valence electrons. The molecule has 0 bridgehead atoms. The molecule has 0 saturated carbocycles. The Morgan fingerprint density at radius 2 is 1.53 bits per heavy atom. The number of carbonyl (C=O) groups excluding carboxylic acids is 2. The molecule has 36 heavy (non-hydrogen) atoms. The molecule has 4 rings (SSSR count). The average Bonchev–Trinajstić information content (AvgIpc) is 2.92. The van der Waals surface area contributed by atoms with Crippen LogP contribution in [0.1, 0.15) is 33.2 Å². The lowest BCUT2D eigenvalue weighted by Crippen LogP contribution is -2.50. The first-order valence-electron chi connectivity index (χ1n) is 12.1. The minimum Gasteiger partial charge on any atom is -0.465 e. The molecule has 1 aliphatic heterocycles. The van der Waals surface area contributed by atoms with Crippen LogP contribution in [-0.4, -0.2) is 61.5 Å². The van der Waals surface area contributed by atoms with Crippen molar-refractivity contribution >= 4 is 23.5 Å². The van der Waals surface area contributed by atoms with Crippen LogP contribution in [0.25, 0.3) is 0 Å². The Morgan fingerprint density at radius 3 is 2.17 bits per heavy atom. The fourth-order valence-corrected chi connectivity index (χ4v) is 4.41. The van der Waals surface area contributed by atoms with E-state index in [2.05, 4.69) is 4.90 Å². The smallest absolute Gasteiger partial charge is 0.337 e. The van der Waals surface area contributed by atoms with Gasteiger partial charge < -0.3 is 14.4 Å². The van der Waals surface area contributed by atoms with Crippen molar-refractivity contribution in [3.8, 4) is 0 Å². The van der Waals surface area contributed by atoms with Crippen molar-refractivity contribution in [2.75, 3.05) is 39.8 Å². The molecule has 0 N–H and O–H groups in total. The van der Waals surface area contributed by atoms with Crippen molar-refractivity contribution in [3.63, 3.8) is 0 Å². The normalized spacial score (nSPS) is 14.9. The average molecular weight is 507 g/mol. The second-order valence-electron chi connectivity index (χ2n) is 8.88. The Bertz CT molecular complexity index is 1130. The minimum absolute atomic E-state index is 0.158. The highest BCUT2D eigenvalue weighted by Crippen LogP contribution is 2.24. The van der Waals surface area contributed by atoms with E-state index in [-0.39, 0.29) is 18.0 Å². The molecule has 0 aromatic heterocycles. The van der Waals surface area contributed by atoms with Crippen molar-refractivity contribution in [1.29, 1.82) is 0 Å². The van der Waals surface area contributed by atoms with E-state index in [9.17, 15) is 9.59 Å². The molecule has 1 atom stereocenters. The van der Waals surface area contributed by atoms with Gasteiger partial charge in [0.15, 0.2) is 0 Å². The molecule has 7 heteroatoms. The number of halogens is 1. The summed E-state index contributed by atoms with van der Waals surface area (Å²) >= 11 is 6.11. The van der Waals surface area contributed by atoms with E-state index < -0.39 is 0 Å². The number of ether oxygens (including phenoxy) is 2. The van der Waals surface area contributed by atoms with Crippen LogP contribution in [-0.2, 0) is 27.3 Å². The molecule has 1 aliphatic rings. The Balaban J connectivity index is 1.35. The van der Waals surface area contributed by atoms with Crippen LogP contribution in [0.2, 0.25) is 5.02 Å². The van der Waals surface area contributed by atoms with Gasteiger partial charge in [-0.1, -0.05) is 66.2 Å². The van der Waals surface area contributed by atoms with Crippen molar-refractivity contribution in [2.45, 2.75) is 19.1 Å². The SMILES string of the molecule is COC(=O)c1ccc(CO[C@H](CN2CCN(C(=O)Cc3ccccc3)CC2)c2ccc(Cl)cc2)cc1. The monoisotopic (exact) mass is 506 g/mol. The maximum atomic E-state index is 12.7. The third-order valence-electron chi connectivity index (χ3n) is 6.42. The molecule has 1 heterocycles. The zero-order valence-electron chi connectivity index (χ0n) is 20.4. The van der Waals surface area contributed by atoms with Gasteiger partial charge in [0.2, 0.25) is 5.91 Å². The third-order valence-corrected chi connectivity index (χ3v) is 6.67. The number of rotatable bonds is 9. The lowest BCUT2D eigenvalue weighted by molar-refractivity contribution is -0.132. The Kier molecular flexibility index (Phi) is 9.11. The number of hydrogen-bond acceptors (Lipinski definition) is 5. The van der Waals surface area contributed by atoms with Crippen LogP contribution >= 0.6 is 11.6 Å². The van der Waals surface area contributed by atoms with Gasteiger partial charge in [0, 0.05) is 37.7 Å². The summed E-state index contributed by atoms with van der Waals surface area (Å²) in [5.74, 6) is -0.190. The minimum atomic E-state index is -0.358. The summed E-state index contributed by atoms with van der Waals surface area (Å²) in [6.07, 6.45) is 0.278.